The molecule has 1 atom stereocenters. The van der Waals surface area contributed by atoms with Crippen LogP contribution >= 0.6 is 0 Å². The zero-order chi connectivity index (χ0) is 19.2. The van der Waals surface area contributed by atoms with Crippen LogP contribution in [0.2, 0.25) is 0 Å². The van der Waals surface area contributed by atoms with Gasteiger partial charge in [-0.1, -0.05) is 18.2 Å². The van der Waals surface area contributed by atoms with E-state index in [1.54, 1.807) is 12.4 Å². The Labute approximate surface area is 160 Å². The average Bonchev–Trinajstić information content (AvgIpc) is 2.68. The zero-order valence-electron chi connectivity index (χ0n) is 15.9. The summed E-state index contributed by atoms with van der Waals surface area (Å²) in [5.74, 6) is -0.135. The first kappa shape index (κ1) is 18.7. The number of carbonyl (C=O) groups is 1. The lowest BCUT2D eigenvalue weighted by molar-refractivity contribution is 0.102. The van der Waals surface area contributed by atoms with Crippen LogP contribution in [0.5, 0.6) is 0 Å². The summed E-state index contributed by atoms with van der Waals surface area (Å²) in [4.78, 5) is 23.1. The van der Waals surface area contributed by atoms with Crippen molar-refractivity contribution in [1.29, 1.82) is 0 Å². The van der Waals surface area contributed by atoms with E-state index in [9.17, 15) is 4.79 Å². The number of hydrogen-bond acceptors (Lipinski definition) is 4. The van der Waals surface area contributed by atoms with Gasteiger partial charge in [-0.3, -0.25) is 19.7 Å². The van der Waals surface area contributed by atoms with Crippen LogP contribution in [0.15, 0.2) is 67.1 Å². The molecule has 0 fully saturated rings. The number of pyridine rings is 2. The van der Waals surface area contributed by atoms with Gasteiger partial charge in [0.2, 0.25) is 0 Å². The Morgan fingerprint density at radius 2 is 1.93 bits per heavy atom. The number of rotatable bonds is 6. The van der Waals surface area contributed by atoms with Crippen LogP contribution in [0.3, 0.4) is 0 Å². The average molecular weight is 360 g/mol. The van der Waals surface area contributed by atoms with Gasteiger partial charge >= 0.3 is 0 Å². The summed E-state index contributed by atoms with van der Waals surface area (Å²) in [5, 5.41) is 2.88. The van der Waals surface area contributed by atoms with Crippen molar-refractivity contribution in [2.75, 3.05) is 12.4 Å². The lowest BCUT2D eigenvalue weighted by atomic mass is 10.1. The third-order valence-corrected chi connectivity index (χ3v) is 4.56. The summed E-state index contributed by atoms with van der Waals surface area (Å²) >= 11 is 0. The molecule has 0 saturated carbocycles. The predicted molar refractivity (Wildman–Crippen MR) is 107 cm³/mol. The quantitative estimate of drug-likeness (QED) is 0.715. The fraction of sp³-hybridized carbons (Fsp3) is 0.227. The predicted octanol–water partition coefficient (Wildman–Crippen LogP) is 4.23. The number of amides is 1. The molecule has 0 bridgehead atoms. The zero-order valence-corrected chi connectivity index (χ0v) is 15.9. The van der Waals surface area contributed by atoms with Crippen LogP contribution in [-0.2, 0) is 6.54 Å². The van der Waals surface area contributed by atoms with Crippen LogP contribution in [-0.4, -0.2) is 27.8 Å². The molecule has 0 aliphatic rings. The van der Waals surface area contributed by atoms with E-state index >= 15 is 0 Å². The summed E-state index contributed by atoms with van der Waals surface area (Å²) in [5.41, 5.74) is 4.53. The van der Waals surface area contributed by atoms with Gasteiger partial charge in [-0.25, -0.2) is 0 Å². The molecule has 2 aromatic heterocycles. The van der Waals surface area contributed by atoms with Crippen molar-refractivity contribution in [2.45, 2.75) is 26.4 Å². The van der Waals surface area contributed by atoms with Gasteiger partial charge in [-0.2, -0.15) is 0 Å². The van der Waals surface area contributed by atoms with E-state index in [-0.39, 0.29) is 11.9 Å². The maximum Gasteiger partial charge on any atom is 0.255 e. The molecule has 1 aromatic carbocycles. The van der Waals surface area contributed by atoms with E-state index in [1.807, 2.05) is 61.7 Å². The largest absolute Gasteiger partial charge is 0.321 e. The second-order valence-electron chi connectivity index (χ2n) is 6.75. The van der Waals surface area contributed by atoms with Crippen LogP contribution < -0.4 is 5.32 Å². The van der Waals surface area contributed by atoms with Crippen LogP contribution in [0.4, 0.5) is 5.69 Å². The topological polar surface area (TPSA) is 58.1 Å². The minimum atomic E-state index is -0.135. The molecular formula is C22H24N4O. The fourth-order valence-electron chi connectivity index (χ4n) is 2.86. The van der Waals surface area contributed by atoms with Gasteiger partial charge < -0.3 is 5.32 Å². The Morgan fingerprint density at radius 3 is 2.59 bits per heavy atom. The first-order valence-electron chi connectivity index (χ1n) is 8.96. The third kappa shape index (κ3) is 4.99. The van der Waals surface area contributed by atoms with E-state index in [0.717, 1.165) is 23.4 Å². The molecule has 0 radical (unpaired) electrons. The highest BCUT2D eigenvalue weighted by Crippen LogP contribution is 2.19. The van der Waals surface area contributed by atoms with Crippen molar-refractivity contribution < 1.29 is 4.79 Å². The van der Waals surface area contributed by atoms with Crippen molar-refractivity contribution >= 4 is 11.6 Å². The van der Waals surface area contributed by atoms with Gasteiger partial charge in [0, 0.05) is 30.5 Å². The molecule has 0 spiro atoms. The summed E-state index contributed by atoms with van der Waals surface area (Å²) in [6, 6.07) is 15.8. The molecule has 1 amide bonds. The van der Waals surface area contributed by atoms with Crippen molar-refractivity contribution in [3.63, 3.8) is 0 Å². The second kappa shape index (κ2) is 8.56. The number of benzene rings is 1. The van der Waals surface area contributed by atoms with Gasteiger partial charge in [-0.15, -0.1) is 0 Å². The van der Waals surface area contributed by atoms with E-state index in [2.05, 4.69) is 34.2 Å². The monoisotopic (exact) mass is 360 g/mol. The van der Waals surface area contributed by atoms with Crippen molar-refractivity contribution in [3.8, 4) is 0 Å². The Bertz CT molecular complexity index is 894. The standard InChI is InChI=1S/C22H24N4O/c1-16-12-20(14-23-13-16)25-22(27)19-9-7-18(8-10-19)15-26(3)17(2)21-6-4-5-11-24-21/h4-14,17H,15H2,1-3H3,(H,25,27)/t17-/m1/s1. The number of nitrogens with one attached hydrogen (secondary N) is 1. The molecule has 3 rings (SSSR count). The number of anilines is 1. The Kier molecular flexibility index (Phi) is 5.94. The molecule has 2 heterocycles. The third-order valence-electron chi connectivity index (χ3n) is 4.56. The number of nitrogens with zero attached hydrogens (tertiary/aromatic N) is 3. The molecular weight excluding hydrogens is 336 g/mol. The van der Waals surface area contributed by atoms with Crippen LogP contribution in [0.25, 0.3) is 0 Å². The smallest absolute Gasteiger partial charge is 0.255 e. The second-order valence-corrected chi connectivity index (χ2v) is 6.75. The first-order valence-corrected chi connectivity index (χ1v) is 8.96. The van der Waals surface area contributed by atoms with E-state index in [4.69, 9.17) is 0 Å². The van der Waals surface area contributed by atoms with Gasteiger partial charge in [0.05, 0.1) is 17.6 Å². The first-order chi connectivity index (χ1) is 13.0. The number of carbonyl (C=O) groups excluding carboxylic acids is 1. The van der Waals surface area contributed by atoms with Crippen molar-refractivity contribution in [3.05, 3.63) is 89.5 Å². The maximum atomic E-state index is 12.4. The van der Waals surface area contributed by atoms with Crippen molar-refractivity contribution in [1.82, 2.24) is 14.9 Å². The van der Waals surface area contributed by atoms with Gasteiger partial charge in [0.25, 0.3) is 5.91 Å². The molecule has 27 heavy (non-hydrogen) atoms. The molecule has 0 aliphatic carbocycles. The molecule has 0 unspecified atom stereocenters. The summed E-state index contributed by atoms with van der Waals surface area (Å²) < 4.78 is 0. The number of hydrogen-bond donors (Lipinski definition) is 1. The molecule has 0 saturated heterocycles. The molecule has 5 nitrogen and oxygen atoms in total. The Hall–Kier alpha value is -3.05. The highest BCUT2D eigenvalue weighted by atomic mass is 16.1. The van der Waals surface area contributed by atoms with E-state index in [0.29, 0.717) is 11.3 Å². The highest BCUT2D eigenvalue weighted by molar-refractivity contribution is 6.04. The molecule has 1 N–H and O–H groups in total. The summed E-state index contributed by atoms with van der Waals surface area (Å²) in [6.45, 7) is 4.86. The minimum absolute atomic E-state index is 0.135. The lowest BCUT2D eigenvalue weighted by Gasteiger charge is -2.24. The molecule has 138 valence electrons. The Balaban J connectivity index is 1.62. The minimum Gasteiger partial charge on any atom is -0.321 e. The van der Waals surface area contributed by atoms with Gasteiger partial charge in [0.1, 0.15) is 0 Å². The lowest BCUT2D eigenvalue weighted by Crippen LogP contribution is -2.22. The van der Waals surface area contributed by atoms with E-state index < -0.39 is 0 Å². The molecule has 3 aromatic rings. The SMILES string of the molecule is Cc1cncc(NC(=O)c2ccc(CN(C)[C@H](C)c3ccccn3)cc2)c1. The number of aromatic nitrogens is 2. The normalized spacial score (nSPS) is 12.0. The van der Waals surface area contributed by atoms with E-state index in [1.165, 1.54) is 0 Å². The Morgan fingerprint density at radius 1 is 1.15 bits per heavy atom. The number of aryl methyl sites for hydroxylation is 1. The summed E-state index contributed by atoms with van der Waals surface area (Å²) in [6.07, 6.45) is 5.22. The van der Waals surface area contributed by atoms with Crippen LogP contribution in [0.1, 0.15) is 40.1 Å². The highest BCUT2D eigenvalue weighted by Gasteiger charge is 2.13. The van der Waals surface area contributed by atoms with Gasteiger partial charge in [-0.05, 0) is 62.4 Å². The molecule has 5 heteroatoms. The fourth-order valence-corrected chi connectivity index (χ4v) is 2.86. The van der Waals surface area contributed by atoms with Crippen molar-refractivity contribution in [2.24, 2.45) is 0 Å². The van der Waals surface area contributed by atoms with Gasteiger partial charge in [0.15, 0.2) is 0 Å². The summed E-state index contributed by atoms with van der Waals surface area (Å²) in [7, 11) is 2.07. The maximum absolute atomic E-state index is 12.4. The molecule has 0 aliphatic heterocycles. The van der Waals surface area contributed by atoms with Crippen LogP contribution in [0, 0.1) is 6.92 Å².